The van der Waals surface area contributed by atoms with Crippen LogP contribution in [0.2, 0.25) is 0 Å². The molecule has 0 spiro atoms. The van der Waals surface area contributed by atoms with E-state index in [9.17, 15) is 0 Å². The molecule has 0 aliphatic carbocycles. The molecule has 1 aromatic rings. The predicted molar refractivity (Wildman–Crippen MR) is 73.4 cm³/mol. The van der Waals surface area contributed by atoms with E-state index in [1.54, 1.807) is 6.20 Å². The number of ether oxygens (including phenoxy) is 3. The highest BCUT2D eigenvalue weighted by atomic mass is 16.7. The molecule has 0 aromatic carbocycles. The smallest absolute Gasteiger partial charge is 0.168 e. The van der Waals surface area contributed by atoms with E-state index in [0.29, 0.717) is 13.2 Å². The van der Waals surface area contributed by atoms with Crippen LogP contribution in [0, 0.1) is 0 Å². The Morgan fingerprint density at radius 1 is 1.53 bits per heavy atom. The number of anilines is 1. The first kappa shape index (κ1) is 14.1. The van der Waals surface area contributed by atoms with Crippen LogP contribution in [0.1, 0.15) is 27.7 Å². The van der Waals surface area contributed by atoms with E-state index in [0.717, 1.165) is 11.6 Å². The van der Waals surface area contributed by atoms with Crippen LogP contribution in [-0.2, 0) is 9.47 Å². The maximum Gasteiger partial charge on any atom is 0.168 e. The number of rotatable bonds is 5. The summed E-state index contributed by atoms with van der Waals surface area (Å²) < 4.78 is 17.0. The molecule has 1 aromatic heterocycles. The first-order valence-corrected chi connectivity index (χ1v) is 6.63. The Balaban J connectivity index is 1.92. The maximum atomic E-state index is 5.74. The minimum Gasteiger partial charge on any atom is -0.487 e. The lowest BCUT2D eigenvalue weighted by Gasteiger charge is -2.18. The SMILES string of the molecule is CC(C)Oc1cccnc1NCC1COC(C)(C)O1. The second-order valence-corrected chi connectivity index (χ2v) is 5.35. The summed E-state index contributed by atoms with van der Waals surface area (Å²) in [6, 6.07) is 3.77. The van der Waals surface area contributed by atoms with Crippen LogP contribution >= 0.6 is 0 Å². The molecular formula is C14H22N2O3. The molecule has 0 bridgehead atoms. The van der Waals surface area contributed by atoms with E-state index < -0.39 is 5.79 Å². The van der Waals surface area contributed by atoms with Crippen LogP contribution < -0.4 is 10.1 Å². The second kappa shape index (κ2) is 5.75. The largest absolute Gasteiger partial charge is 0.487 e. The van der Waals surface area contributed by atoms with Gasteiger partial charge < -0.3 is 19.5 Å². The molecular weight excluding hydrogens is 244 g/mol. The number of hydrogen-bond donors (Lipinski definition) is 1. The number of hydrogen-bond acceptors (Lipinski definition) is 5. The highest BCUT2D eigenvalue weighted by Gasteiger charge is 2.32. The van der Waals surface area contributed by atoms with Gasteiger partial charge in [0.05, 0.1) is 12.7 Å². The van der Waals surface area contributed by atoms with Crippen molar-refractivity contribution in [3.8, 4) is 5.75 Å². The van der Waals surface area contributed by atoms with Crippen molar-refractivity contribution in [1.82, 2.24) is 4.98 Å². The lowest BCUT2D eigenvalue weighted by atomic mass is 10.3. The molecule has 1 aliphatic rings. The summed E-state index contributed by atoms with van der Waals surface area (Å²) in [5.74, 6) is 1.01. The molecule has 106 valence electrons. The summed E-state index contributed by atoms with van der Waals surface area (Å²) in [6.07, 6.45) is 1.89. The zero-order valence-electron chi connectivity index (χ0n) is 12.0. The fourth-order valence-corrected chi connectivity index (χ4v) is 1.95. The van der Waals surface area contributed by atoms with Gasteiger partial charge in [-0.15, -0.1) is 0 Å². The predicted octanol–water partition coefficient (Wildman–Crippen LogP) is 2.43. The molecule has 1 saturated heterocycles. The first-order chi connectivity index (χ1) is 8.96. The summed E-state index contributed by atoms with van der Waals surface area (Å²) in [6.45, 7) is 9.06. The maximum absolute atomic E-state index is 5.74. The molecule has 0 radical (unpaired) electrons. The van der Waals surface area contributed by atoms with Gasteiger partial charge in [-0.3, -0.25) is 0 Å². The molecule has 1 N–H and O–H groups in total. The Morgan fingerprint density at radius 3 is 2.95 bits per heavy atom. The molecule has 1 fully saturated rings. The third kappa shape index (κ3) is 4.08. The van der Waals surface area contributed by atoms with E-state index in [1.807, 2.05) is 39.8 Å². The third-order valence-electron chi connectivity index (χ3n) is 2.70. The van der Waals surface area contributed by atoms with Crippen molar-refractivity contribution in [3.63, 3.8) is 0 Å². The highest BCUT2D eigenvalue weighted by molar-refractivity contribution is 5.49. The summed E-state index contributed by atoms with van der Waals surface area (Å²) in [5, 5.41) is 3.26. The zero-order valence-corrected chi connectivity index (χ0v) is 12.0. The topological polar surface area (TPSA) is 52.6 Å². The Hall–Kier alpha value is -1.33. The van der Waals surface area contributed by atoms with Crippen molar-refractivity contribution in [3.05, 3.63) is 18.3 Å². The molecule has 1 aliphatic heterocycles. The van der Waals surface area contributed by atoms with Crippen LogP contribution in [-0.4, -0.2) is 36.1 Å². The van der Waals surface area contributed by atoms with Crippen molar-refractivity contribution in [1.29, 1.82) is 0 Å². The second-order valence-electron chi connectivity index (χ2n) is 5.35. The van der Waals surface area contributed by atoms with Gasteiger partial charge in [-0.2, -0.15) is 0 Å². The van der Waals surface area contributed by atoms with Gasteiger partial charge in [-0.25, -0.2) is 4.98 Å². The van der Waals surface area contributed by atoms with E-state index in [2.05, 4.69) is 10.3 Å². The van der Waals surface area contributed by atoms with Crippen molar-refractivity contribution >= 4 is 5.82 Å². The average molecular weight is 266 g/mol. The molecule has 0 amide bonds. The van der Waals surface area contributed by atoms with E-state index in [4.69, 9.17) is 14.2 Å². The molecule has 5 heteroatoms. The van der Waals surface area contributed by atoms with Gasteiger partial charge in [0.25, 0.3) is 0 Å². The zero-order chi connectivity index (χ0) is 13.9. The van der Waals surface area contributed by atoms with Crippen LogP contribution in [0.15, 0.2) is 18.3 Å². The molecule has 1 atom stereocenters. The van der Waals surface area contributed by atoms with Crippen molar-refractivity contribution in [2.45, 2.75) is 45.7 Å². The molecule has 0 saturated carbocycles. The van der Waals surface area contributed by atoms with Crippen LogP contribution in [0.4, 0.5) is 5.82 Å². The Kier molecular flexibility index (Phi) is 4.27. The average Bonchev–Trinajstić information content (AvgIpc) is 2.67. The highest BCUT2D eigenvalue weighted by Crippen LogP contribution is 2.25. The van der Waals surface area contributed by atoms with Crippen molar-refractivity contribution in [2.24, 2.45) is 0 Å². The minimum absolute atomic E-state index is 0.0314. The quantitative estimate of drug-likeness (QED) is 0.887. The van der Waals surface area contributed by atoms with Crippen LogP contribution in [0.3, 0.4) is 0 Å². The van der Waals surface area contributed by atoms with Gasteiger partial charge in [0.15, 0.2) is 17.4 Å². The van der Waals surface area contributed by atoms with Gasteiger partial charge in [0.2, 0.25) is 0 Å². The summed E-state index contributed by atoms with van der Waals surface area (Å²) >= 11 is 0. The fraction of sp³-hybridized carbons (Fsp3) is 0.643. The minimum atomic E-state index is -0.492. The Morgan fingerprint density at radius 2 is 2.32 bits per heavy atom. The van der Waals surface area contributed by atoms with E-state index in [-0.39, 0.29) is 12.2 Å². The molecule has 1 unspecified atom stereocenters. The standard InChI is InChI=1S/C14H22N2O3/c1-10(2)18-12-6-5-7-15-13(12)16-8-11-9-17-14(3,4)19-11/h5-7,10-11H,8-9H2,1-4H3,(H,15,16). The van der Waals surface area contributed by atoms with Gasteiger partial charge in [0, 0.05) is 12.7 Å². The van der Waals surface area contributed by atoms with Gasteiger partial charge in [0.1, 0.15) is 6.10 Å². The molecule has 2 rings (SSSR count). The summed E-state index contributed by atoms with van der Waals surface area (Å²) in [4.78, 5) is 4.30. The first-order valence-electron chi connectivity index (χ1n) is 6.63. The van der Waals surface area contributed by atoms with Crippen LogP contribution in [0.25, 0.3) is 0 Å². The molecule has 5 nitrogen and oxygen atoms in total. The Labute approximate surface area is 114 Å². The van der Waals surface area contributed by atoms with Gasteiger partial charge in [-0.1, -0.05) is 0 Å². The van der Waals surface area contributed by atoms with Crippen molar-refractivity contribution < 1.29 is 14.2 Å². The van der Waals surface area contributed by atoms with E-state index in [1.165, 1.54) is 0 Å². The number of nitrogens with one attached hydrogen (secondary N) is 1. The van der Waals surface area contributed by atoms with Crippen molar-refractivity contribution in [2.75, 3.05) is 18.5 Å². The van der Waals surface area contributed by atoms with Gasteiger partial charge >= 0.3 is 0 Å². The number of aromatic nitrogens is 1. The monoisotopic (exact) mass is 266 g/mol. The number of nitrogens with zero attached hydrogens (tertiary/aromatic N) is 1. The van der Waals surface area contributed by atoms with E-state index >= 15 is 0 Å². The third-order valence-corrected chi connectivity index (χ3v) is 2.70. The lowest BCUT2D eigenvalue weighted by Crippen LogP contribution is -2.26. The Bertz CT molecular complexity index is 421. The molecule has 2 heterocycles. The molecule has 19 heavy (non-hydrogen) atoms. The normalized spacial score (nSPS) is 21.6. The summed E-state index contributed by atoms with van der Waals surface area (Å²) in [7, 11) is 0. The lowest BCUT2D eigenvalue weighted by molar-refractivity contribution is -0.136. The summed E-state index contributed by atoms with van der Waals surface area (Å²) in [5.41, 5.74) is 0. The van der Waals surface area contributed by atoms with Gasteiger partial charge in [-0.05, 0) is 39.8 Å². The number of pyridine rings is 1. The fourth-order valence-electron chi connectivity index (χ4n) is 1.95. The van der Waals surface area contributed by atoms with Crippen LogP contribution in [0.5, 0.6) is 5.75 Å².